The summed E-state index contributed by atoms with van der Waals surface area (Å²) >= 11 is 0. The van der Waals surface area contributed by atoms with E-state index >= 15 is 0 Å². The minimum Gasteiger partial charge on any atom is -0.497 e. The number of nitrogens with one attached hydrogen (secondary N) is 2. The van der Waals surface area contributed by atoms with Gasteiger partial charge in [-0.2, -0.15) is 0 Å². The number of aromatic nitrogens is 5. The van der Waals surface area contributed by atoms with Crippen LogP contribution in [0.15, 0.2) is 54.7 Å². The molecular formula is C23H26N6O. The van der Waals surface area contributed by atoms with Crippen LogP contribution in [0.1, 0.15) is 55.6 Å². The van der Waals surface area contributed by atoms with E-state index in [4.69, 9.17) is 4.74 Å². The van der Waals surface area contributed by atoms with E-state index in [-0.39, 0.29) is 6.04 Å². The number of benzene rings is 2. The zero-order chi connectivity index (χ0) is 20.3. The number of anilines is 1. The van der Waals surface area contributed by atoms with Crippen LogP contribution in [-0.2, 0) is 0 Å². The average molecular weight is 403 g/mol. The number of hydrogen-bond acceptors (Lipinski definition) is 5. The van der Waals surface area contributed by atoms with Gasteiger partial charge in [0.1, 0.15) is 11.8 Å². The highest BCUT2D eigenvalue weighted by Crippen LogP contribution is 2.33. The molecule has 0 saturated heterocycles. The van der Waals surface area contributed by atoms with Gasteiger partial charge in [-0.25, -0.2) is 4.68 Å². The molecule has 5 rings (SSSR count). The highest BCUT2D eigenvalue weighted by atomic mass is 16.5. The highest BCUT2D eigenvalue weighted by Gasteiger charge is 2.26. The van der Waals surface area contributed by atoms with Gasteiger partial charge in [-0.3, -0.25) is 0 Å². The van der Waals surface area contributed by atoms with Crippen molar-refractivity contribution in [2.45, 2.75) is 44.2 Å². The van der Waals surface area contributed by atoms with E-state index in [1.807, 2.05) is 23.0 Å². The average Bonchev–Trinajstić information content (AvgIpc) is 3.47. The molecule has 154 valence electrons. The first-order chi connectivity index (χ1) is 14.8. The summed E-state index contributed by atoms with van der Waals surface area (Å²) in [6.45, 7) is 0. The van der Waals surface area contributed by atoms with Crippen LogP contribution in [0.25, 0.3) is 10.9 Å². The summed E-state index contributed by atoms with van der Waals surface area (Å²) in [5.74, 6) is 1.68. The molecule has 2 heterocycles. The number of methoxy groups -OCH3 is 1. The van der Waals surface area contributed by atoms with Crippen LogP contribution >= 0.6 is 0 Å². The predicted octanol–water partition coefficient (Wildman–Crippen LogP) is 4.87. The standard InChI is InChI=1S/C23H26N6O/c1-30-20-10-7-16(8-11-20)22(25-18-9-12-21-17(15-18)13-14-24-21)23-26-27-28-29(23)19-5-3-2-4-6-19/h7-15,19,22,24-25H,2-6H2,1H3. The minimum absolute atomic E-state index is 0.163. The van der Waals surface area contributed by atoms with Gasteiger partial charge in [0.2, 0.25) is 0 Å². The fraction of sp³-hybridized carbons (Fsp3) is 0.348. The Labute approximate surface area is 175 Å². The first kappa shape index (κ1) is 18.7. The van der Waals surface area contributed by atoms with Gasteiger partial charge >= 0.3 is 0 Å². The molecule has 1 aliphatic carbocycles. The lowest BCUT2D eigenvalue weighted by molar-refractivity contribution is 0.315. The second-order valence-electron chi connectivity index (χ2n) is 7.90. The molecule has 1 atom stereocenters. The molecule has 2 N–H and O–H groups in total. The van der Waals surface area contributed by atoms with Crippen LogP contribution in [0.3, 0.4) is 0 Å². The fourth-order valence-electron chi connectivity index (χ4n) is 4.38. The van der Waals surface area contributed by atoms with Crippen molar-refractivity contribution in [3.05, 3.63) is 66.1 Å². The third kappa shape index (κ3) is 3.63. The van der Waals surface area contributed by atoms with Gasteiger partial charge in [0.05, 0.1) is 13.2 Å². The number of H-pyrrole nitrogens is 1. The van der Waals surface area contributed by atoms with E-state index in [1.165, 1.54) is 24.6 Å². The van der Waals surface area contributed by atoms with Gasteiger partial charge in [-0.1, -0.05) is 31.4 Å². The van der Waals surface area contributed by atoms with E-state index in [0.717, 1.165) is 41.2 Å². The lowest BCUT2D eigenvalue weighted by Gasteiger charge is -2.26. The first-order valence-corrected chi connectivity index (χ1v) is 10.6. The molecule has 7 nitrogen and oxygen atoms in total. The summed E-state index contributed by atoms with van der Waals surface area (Å²) in [6.07, 6.45) is 7.97. The van der Waals surface area contributed by atoms with Crippen molar-refractivity contribution in [2.75, 3.05) is 12.4 Å². The molecule has 1 saturated carbocycles. The lowest BCUT2D eigenvalue weighted by Crippen LogP contribution is -2.23. The zero-order valence-corrected chi connectivity index (χ0v) is 17.1. The summed E-state index contributed by atoms with van der Waals surface area (Å²) < 4.78 is 7.38. The molecular weight excluding hydrogens is 376 g/mol. The highest BCUT2D eigenvalue weighted by molar-refractivity contribution is 5.83. The first-order valence-electron chi connectivity index (χ1n) is 10.6. The molecule has 1 aliphatic rings. The molecule has 0 spiro atoms. The summed E-state index contributed by atoms with van der Waals surface area (Å²) in [5, 5.41) is 17.7. The van der Waals surface area contributed by atoms with Crippen molar-refractivity contribution in [3.8, 4) is 5.75 Å². The maximum absolute atomic E-state index is 5.35. The smallest absolute Gasteiger partial charge is 0.178 e. The third-order valence-electron chi connectivity index (χ3n) is 6.01. The molecule has 0 bridgehead atoms. The van der Waals surface area contributed by atoms with Crippen molar-refractivity contribution in [2.24, 2.45) is 0 Å². The Balaban J connectivity index is 1.53. The number of tetrazole rings is 1. The van der Waals surface area contributed by atoms with E-state index in [0.29, 0.717) is 6.04 Å². The number of aromatic amines is 1. The van der Waals surface area contributed by atoms with Crippen molar-refractivity contribution >= 4 is 16.6 Å². The van der Waals surface area contributed by atoms with Crippen LogP contribution in [0.4, 0.5) is 5.69 Å². The molecule has 0 amide bonds. The van der Waals surface area contributed by atoms with Gasteiger partial charge in [0.15, 0.2) is 5.82 Å². The molecule has 0 radical (unpaired) electrons. The normalized spacial score (nSPS) is 15.9. The van der Waals surface area contributed by atoms with E-state index in [1.54, 1.807) is 7.11 Å². The third-order valence-corrected chi connectivity index (χ3v) is 6.01. The Morgan fingerprint density at radius 2 is 1.90 bits per heavy atom. The monoisotopic (exact) mass is 402 g/mol. The van der Waals surface area contributed by atoms with Gasteiger partial charge in [0, 0.05) is 22.8 Å². The predicted molar refractivity (Wildman–Crippen MR) is 117 cm³/mol. The number of nitrogens with zero attached hydrogens (tertiary/aromatic N) is 4. The molecule has 1 fully saturated rings. The Bertz CT molecular complexity index is 1110. The quantitative estimate of drug-likeness (QED) is 0.481. The summed E-state index contributed by atoms with van der Waals surface area (Å²) in [4.78, 5) is 3.25. The van der Waals surface area contributed by atoms with Crippen LogP contribution in [0, 0.1) is 0 Å². The summed E-state index contributed by atoms with van der Waals surface area (Å²) in [5.41, 5.74) is 3.24. The topological polar surface area (TPSA) is 80.7 Å². The Morgan fingerprint density at radius 1 is 1.07 bits per heavy atom. The number of hydrogen-bond donors (Lipinski definition) is 2. The van der Waals surface area contributed by atoms with E-state index < -0.39 is 0 Å². The Hall–Kier alpha value is -3.35. The molecule has 2 aromatic carbocycles. The van der Waals surface area contributed by atoms with Crippen LogP contribution < -0.4 is 10.1 Å². The maximum atomic E-state index is 5.35. The second-order valence-corrected chi connectivity index (χ2v) is 7.90. The molecule has 1 unspecified atom stereocenters. The molecule has 0 aliphatic heterocycles. The molecule has 7 heteroatoms. The van der Waals surface area contributed by atoms with Gasteiger partial charge in [0.25, 0.3) is 0 Å². The number of fused-ring (bicyclic) bond motifs is 1. The Morgan fingerprint density at radius 3 is 2.70 bits per heavy atom. The second kappa shape index (κ2) is 8.18. The Kier molecular flexibility index (Phi) is 5.09. The maximum Gasteiger partial charge on any atom is 0.178 e. The van der Waals surface area contributed by atoms with E-state index in [2.05, 4.69) is 62.2 Å². The molecule has 2 aromatic heterocycles. The fourth-order valence-corrected chi connectivity index (χ4v) is 4.38. The summed E-state index contributed by atoms with van der Waals surface area (Å²) in [7, 11) is 1.68. The van der Waals surface area contributed by atoms with Crippen LogP contribution in [0.5, 0.6) is 5.75 Å². The lowest BCUT2D eigenvalue weighted by atomic mass is 9.95. The van der Waals surface area contributed by atoms with Gasteiger partial charge in [-0.15, -0.1) is 5.10 Å². The van der Waals surface area contributed by atoms with Crippen molar-refractivity contribution < 1.29 is 4.74 Å². The number of rotatable bonds is 6. The van der Waals surface area contributed by atoms with Gasteiger partial charge in [-0.05, 0) is 65.2 Å². The summed E-state index contributed by atoms with van der Waals surface area (Å²) in [6, 6.07) is 16.7. The number of ether oxygens (including phenoxy) is 1. The molecule has 30 heavy (non-hydrogen) atoms. The van der Waals surface area contributed by atoms with Crippen LogP contribution in [-0.4, -0.2) is 32.3 Å². The van der Waals surface area contributed by atoms with Crippen molar-refractivity contribution in [1.29, 1.82) is 0 Å². The SMILES string of the molecule is COc1ccc(C(Nc2ccc3[nH]ccc3c2)c2nnnn2C2CCCCC2)cc1. The zero-order valence-electron chi connectivity index (χ0n) is 17.1. The van der Waals surface area contributed by atoms with Crippen molar-refractivity contribution in [1.82, 2.24) is 25.2 Å². The van der Waals surface area contributed by atoms with Gasteiger partial charge < -0.3 is 15.0 Å². The van der Waals surface area contributed by atoms with Crippen molar-refractivity contribution in [3.63, 3.8) is 0 Å². The van der Waals surface area contributed by atoms with E-state index in [9.17, 15) is 0 Å². The van der Waals surface area contributed by atoms with Crippen LogP contribution in [0.2, 0.25) is 0 Å². The minimum atomic E-state index is -0.163. The molecule has 4 aromatic rings. The largest absolute Gasteiger partial charge is 0.497 e.